The molecule has 1 aliphatic rings. The average molecular weight is 594 g/mol. The molecule has 0 aliphatic heterocycles. The fourth-order valence-electron chi connectivity index (χ4n) is 4.80. The van der Waals surface area contributed by atoms with Crippen molar-refractivity contribution in [3.8, 4) is 11.5 Å². The van der Waals surface area contributed by atoms with Gasteiger partial charge in [-0.2, -0.15) is 0 Å². The van der Waals surface area contributed by atoms with Crippen LogP contribution in [0.3, 0.4) is 0 Å². The summed E-state index contributed by atoms with van der Waals surface area (Å²) in [6.07, 6.45) is 7.90. The van der Waals surface area contributed by atoms with E-state index in [9.17, 15) is 14.2 Å². The molecule has 232 valence electrons. The van der Waals surface area contributed by atoms with Gasteiger partial charge in [-0.1, -0.05) is 31.4 Å². The second-order valence-electron chi connectivity index (χ2n) is 12.4. The van der Waals surface area contributed by atoms with E-state index in [1.807, 2.05) is 26.0 Å². The van der Waals surface area contributed by atoms with Gasteiger partial charge in [0, 0.05) is 11.5 Å². The number of ether oxygens (including phenoxy) is 3. The summed E-state index contributed by atoms with van der Waals surface area (Å²) in [4.78, 5) is 26.4. The number of hydrogen-bond donors (Lipinski definition) is 1. The summed E-state index contributed by atoms with van der Waals surface area (Å²) in [5.74, 6) is 0.250. The first-order valence-corrected chi connectivity index (χ1v) is 16.7. The van der Waals surface area contributed by atoms with Crippen LogP contribution in [0.5, 0.6) is 11.5 Å². The number of aryl methyl sites for hydroxylation is 1. The number of carbonyl (C=O) groups excluding carboxylic acids is 2. The smallest absolute Gasteiger partial charge is 0.424 e. The van der Waals surface area contributed by atoms with Crippen LogP contribution in [0.15, 0.2) is 23.8 Å². The Hall–Kier alpha value is -2.31. The van der Waals surface area contributed by atoms with Crippen molar-refractivity contribution in [2.45, 2.75) is 144 Å². The van der Waals surface area contributed by atoms with Gasteiger partial charge in [0.2, 0.25) is 0 Å². The van der Waals surface area contributed by atoms with E-state index in [4.69, 9.17) is 18.7 Å². The highest BCUT2D eigenvalue weighted by Gasteiger charge is 2.46. The summed E-state index contributed by atoms with van der Waals surface area (Å²) in [5.41, 5.74) is 0.410. The first-order chi connectivity index (χ1) is 19.1. The van der Waals surface area contributed by atoms with Gasteiger partial charge in [0.05, 0.1) is 18.3 Å². The second kappa shape index (κ2) is 15.2. The van der Waals surface area contributed by atoms with E-state index in [2.05, 4.69) is 25.0 Å². The molecule has 1 aromatic carbocycles. The highest BCUT2D eigenvalue weighted by molar-refractivity contribution is 7.74. The van der Waals surface area contributed by atoms with Crippen molar-refractivity contribution in [1.82, 2.24) is 5.09 Å². The summed E-state index contributed by atoms with van der Waals surface area (Å²) in [6.45, 7) is 18.0. The maximum absolute atomic E-state index is 14.6. The summed E-state index contributed by atoms with van der Waals surface area (Å²) in [7, 11) is -4.49. The Bertz CT molecular complexity index is 1120. The van der Waals surface area contributed by atoms with Crippen molar-refractivity contribution >= 4 is 19.2 Å². The predicted molar refractivity (Wildman–Crippen MR) is 164 cm³/mol. The van der Waals surface area contributed by atoms with Crippen LogP contribution < -0.4 is 14.3 Å². The van der Waals surface area contributed by atoms with Crippen LogP contribution in [-0.2, 0) is 25.3 Å². The van der Waals surface area contributed by atoms with E-state index in [0.29, 0.717) is 11.5 Å². The minimum Gasteiger partial charge on any atom is -0.491 e. The Kier molecular flexibility index (Phi) is 13.0. The monoisotopic (exact) mass is 593 g/mol. The Balaban J connectivity index is 2.73. The largest absolute Gasteiger partial charge is 0.491 e. The third kappa shape index (κ3) is 10.5. The molecule has 0 bridgehead atoms. The zero-order valence-electron chi connectivity index (χ0n) is 26.8. The molecule has 1 N–H and O–H groups in total. The first kappa shape index (κ1) is 34.9. The molecule has 0 aromatic heterocycles. The SMILES string of the molecule is CCCCCc1cc(OC(C)C)c(C2C=C(C)CCC2)c(OP(=O)(NC(C)(C)C(=O)OC(C)C)C(=O)OC(C)C)c1. The first-order valence-electron chi connectivity index (χ1n) is 15.1. The Morgan fingerprint density at radius 3 is 2.20 bits per heavy atom. The van der Waals surface area contributed by atoms with E-state index >= 15 is 0 Å². The molecule has 0 saturated heterocycles. The third-order valence-corrected chi connectivity index (χ3v) is 8.52. The molecule has 41 heavy (non-hydrogen) atoms. The van der Waals surface area contributed by atoms with Crippen molar-refractivity contribution in [3.63, 3.8) is 0 Å². The van der Waals surface area contributed by atoms with Crippen LogP contribution in [0, 0.1) is 0 Å². The standard InChI is InChI=1S/C32H52NO7P/c1-11-12-13-16-25-19-27(37-21(2)3)29(26-17-14-15-24(8)18-26)28(20-25)40-41(36,31(35)39-23(6)7)33-32(9,10)30(34)38-22(4)5/h18-23,26H,11-17H2,1-10H3,(H,33,36). The fourth-order valence-corrected chi connectivity index (χ4v) is 6.62. The number of allylic oxidation sites excluding steroid dienone is 2. The van der Waals surface area contributed by atoms with Crippen LogP contribution in [0.25, 0.3) is 0 Å². The molecule has 2 unspecified atom stereocenters. The molecular formula is C32H52NO7P. The van der Waals surface area contributed by atoms with E-state index in [0.717, 1.165) is 56.1 Å². The highest BCUT2D eigenvalue weighted by Crippen LogP contribution is 2.52. The van der Waals surface area contributed by atoms with Crippen LogP contribution >= 0.6 is 7.52 Å². The molecule has 1 aromatic rings. The highest BCUT2D eigenvalue weighted by atomic mass is 31.2. The fraction of sp³-hybridized carbons (Fsp3) is 0.688. The Labute approximate surface area is 247 Å². The van der Waals surface area contributed by atoms with Gasteiger partial charge in [0.25, 0.3) is 0 Å². The number of hydrogen-bond acceptors (Lipinski definition) is 7. The number of nitrogens with one attached hydrogen (secondary N) is 1. The van der Waals surface area contributed by atoms with Crippen LogP contribution in [0.2, 0.25) is 0 Å². The van der Waals surface area contributed by atoms with Gasteiger partial charge in [-0.05, 0) is 112 Å². The van der Waals surface area contributed by atoms with Gasteiger partial charge in [0.15, 0.2) is 0 Å². The third-order valence-electron chi connectivity index (χ3n) is 6.62. The normalized spacial score (nSPS) is 17.3. The van der Waals surface area contributed by atoms with Gasteiger partial charge < -0.3 is 18.7 Å². The second-order valence-corrected chi connectivity index (χ2v) is 14.3. The molecule has 9 heteroatoms. The van der Waals surface area contributed by atoms with Crippen LogP contribution in [0.4, 0.5) is 4.79 Å². The molecule has 8 nitrogen and oxygen atoms in total. The lowest BCUT2D eigenvalue weighted by atomic mass is 9.84. The summed E-state index contributed by atoms with van der Waals surface area (Å²) in [5, 5.41) is 2.73. The number of esters is 1. The molecule has 1 aliphatic carbocycles. The number of benzene rings is 1. The molecule has 2 atom stereocenters. The maximum Gasteiger partial charge on any atom is 0.424 e. The lowest BCUT2D eigenvalue weighted by Gasteiger charge is -2.31. The Morgan fingerprint density at radius 1 is 1.00 bits per heavy atom. The number of carbonyl (C=O) groups is 2. The van der Waals surface area contributed by atoms with Crippen LogP contribution in [-0.4, -0.2) is 35.5 Å². The maximum atomic E-state index is 14.6. The van der Waals surface area contributed by atoms with Gasteiger partial charge in [-0.25, -0.2) is 14.4 Å². The number of unbranched alkanes of at least 4 members (excludes halogenated alkanes) is 2. The van der Waals surface area contributed by atoms with Crippen molar-refractivity contribution in [1.29, 1.82) is 0 Å². The van der Waals surface area contributed by atoms with Crippen molar-refractivity contribution in [2.24, 2.45) is 0 Å². The molecule has 0 amide bonds. The number of rotatable bonds is 15. The molecule has 0 saturated carbocycles. The summed E-state index contributed by atoms with van der Waals surface area (Å²) >= 11 is 0. The zero-order valence-corrected chi connectivity index (χ0v) is 27.7. The molecule has 0 radical (unpaired) electrons. The van der Waals surface area contributed by atoms with E-state index in [1.54, 1.807) is 27.7 Å². The van der Waals surface area contributed by atoms with E-state index in [-0.39, 0.29) is 12.0 Å². The minimum atomic E-state index is -4.49. The van der Waals surface area contributed by atoms with E-state index < -0.39 is 36.9 Å². The van der Waals surface area contributed by atoms with Crippen molar-refractivity contribution in [3.05, 3.63) is 34.9 Å². The summed E-state index contributed by atoms with van der Waals surface area (Å²) < 4.78 is 38.0. The topological polar surface area (TPSA) is 100 Å². The molecule has 0 spiro atoms. The molecule has 0 fully saturated rings. The van der Waals surface area contributed by atoms with Gasteiger partial charge >= 0.3 is 19.2 Å². The predicted octanol–water partition coefficient (Wildman–Crippen LogP) is 8.86. The quantitative estimate of drug-likeness (QED) is 0.0931. The lowest BCUT2D eigenvalue weighted by molar-refractivity contribution is -0.153. The van der Waals surface area contributed by atoms with Gasteiger partial charge in [-0.3, -0.25) is 4.79 Å². The van der Waals surface area contributed by atoms with Crippen LogP contribution in [0.1, 0.15) is 125 Å². The average Bonchev–Trinajstić information content (AvgIpc) is 2.82. The molecular weight excluding hydrogens is 541 g/mol. The van der Waals surface area contributed by atoms with Crippen molar-refractivity contribution < 1.29 is 32.9 Å². The van der Waals surface area contributed by atoms with Gasteiger partial charge in [0.1, 0.15) is 17.0 Å². The molecule has 0 heterocycles. The molecule has 2 rings (SSSR count). The Morgan fingerprint density at radius 2 is 1.63 bits per heavy atom. The zero-order chi connectivity index (χ0) is 31.0. The lowest BCUT2D eigenvalue weighted by Crippen LogP contribution is -2.48. The van der Waals surface area contributed by atoms with E-state index in [1.165, 1.54) is 19.4 Å². The van der Waals surface area contributed by atoms with Crippen molar-refractivity contribution in [2.75, 3.05) is 0 Å². The summed E-state index contributed by atoms with van der Waals surface area (Å²) in [6, 6.07) is 3.91. The van der Waals surface area contributed by atoms with Gasteiger partial charge in [-0.15, -0.1) is 0 Å². The minimum absolute atomic E-state index is 0.0503.